The van der Waals surface area contributed by atoms with Crippen LogP contribution in [0.5, 0.6) is 0 Å². The highest BCUT2D eigenvalue weighted by Gasteiger charge is 2.19. The fourth-order valence-corrected chi connectivity index (χ4v) is 1.36. The van der Waals surface area contributed by atoms with Crippen molar-refractivity contribution in [3.05, 3.63) is 17.5 Å². The summed E-state index contributed by atoms with van der Waals surface area (Å²) in [6.45, 7) is 1.79. The van der Waals surface area contributed by atoms with E-state index in [2.05, 4.69) is 20.6 Å². The average molecular weight is 213 g/mol. The highest BCUT2D eigenvalue weighted by Crippen LogP contribution is 2.18. The Balaban J connectivity index is 1.71. The number of aromatic nitrogens is 2. The Kier molecular flexibility index (Phi) is 3.16. The number of hydrogen-bond acceptors (Lipinski definition) is 4. The first kappa shape index (κ1) is 9.68. The Morgan fingerprint density at radius 1 is 1.43 bits per heavy atom. The van der Waals surface area contributed by atoms with Crippen LogP contribution in [0.1, 0.15) is 12.8 Å². The molecule has 76 valence electrons. The van der Waals surface area contributed by atoms with Crippen molar-refractivity contribution in [2.45, 2.75) is 18.9 Å². The van der Waals surface area contributed by atoms with Crippen LogP contribution in [0, 0.1) is 0 Å². The second kappa shape index (κ2) is 4.57. The summed E-state index contributed by atoms with van der Waals surface area (Å²) in [5.41, 5.74) is 0. The topological polar surface area (TPSA) is 49.8 Å². The van der Waals surface area contributed by atoms with Crippen LogP contribution in [0.4, 0.5) is 5.82 Å². The maximum absolute atomic E-state index is 5.87. The Bertz CT molecular complexity index is 301. The molecule has 1 aromatic rings. The Hall–Kier alpha value is -0.870. The van der Waals surface area contributed by atoms with Crippen molar-refractivity contribution < 1.29 is 0 Å². The van der Waals surface area contributed by atoms with Crippen LogP contribution in [0.15, 0.2) is 12.5 Å². The zero-order valence-electron chi connectivity index (χ0n) is 7.83. The van der Waals surface area contributed by atoms with Crippen molar-refractivity contribution in [1.82, 2.24) is 15.3 Å². The Morgan fingerprint density at radius 2 is 2.29 bits per heavy atom. The zero-order chi connectivity index (χ0) is 9.80. The molecule has 1 aromatic heterocycles. The summed E-state index contributed by atoms with van der Waals surface area (Å²) in [6, 6.07) is 0.748. The van der Waals surface area contributed by atoms with Gasteiger partial charge in [0.15, 0.2) is 0 Å². The lowest BCUT2D eigenvalue weighted by Crippen LogP contribution is -2.24. The van der Waals surface area contributed by atoms with Crippen LogP contribution < -0.4 is 10.6 Å². The van der Waals surface area contributed by atoms with Gasteiger partial charge in [-0.2, -0.15) is 0 Å². The minimum absolute atomic E-state index is 0.568. The molecule has 0 aromatic carbocycles. The van der Waals surface area contributed by atoms with E-state index >= 15 is 0 Å². The third-order valence-electron chi connectivity index (χ3n) is 2.10. The molecule has 2 rings (SSSR count). The number of nitrogens with zero attached hydrogens (tertiary/aromatic N) is 2. The molecule has 0 atom stereocenters. The van der Waals surface area contributed by atoms with E-state index in [9.17, 15) is 0 Å². The molecule has 0 radical (unpaired) electrons. The molecule has 1 saturated carbocycles. The van der Waals surface area contributed by atoms with Gasteiger partial charge in [0.1, 0.15) is 17.2 Å². The number of nitrogens with one attached hydrogen (secondary N) is 2. The quantitative estimate of drug-likeness (QED) is 0.723. The van der Waals surface area contributed by atoms with Gasteiger partial charge in [0.25, 0.3) is 0 Å². The van der Waals surface area contributed by atoms with Crippen LogP contribution in [-0.4, -0.2) is 29.1 Å². The number of rotatable bonds is 5. The van der Waals surface area contributed by atoms with Crippen LogP contribution in [-0.2, 0) is 0 Å². The zero-order valence-corrected chi connectivity index (χ0v) is 8.59. The van der Waals surface area contributed by atoms with E-state index in [4.69, 9.17) is 11.6 Å². The van der Waals surface area contributed by atoms with Crippen molar-refractivity contribution in [3.8, 4) is 0 Å². The molecule has 0 spiro atoms. The van der Waals surface area contributed by atoms with Gasteiger partial charge in [-0.15, -0.1) is 0 Å². The van der Waals surface area contributed by atoms with Crippen LogP contribution in [0.2, 0.25) is 5.02 Å². The van der Waals surface area contributed by atoms with Gasteiger partial charge in [0.05, 0.1) is 6.20 Å². The SMILES string of the molecule is Clc1cncnc1NCCNC1CC1. The lowest BCUT2D eigenvalue weighted by Gasteiger charge is -2.06. The fraction of sp³-hybridized carbons (Fsp3) is 0.556. The van der Waals surface area contributed by atoms with Crippen LogP contribution in [0.3, 0.4) is 0 Å². The first-order chi connectivity index (χ1) is 6.86. The predicted molar refractivity (Wildman–Crippen MR) is 56.6 cm³/mol. The Labute approximate surface area is 88.1 Å². The van der Waals surface area contributed by atoms with E-state index in [1.165, 1.54) is 19.2 Å². The minimum atomic E-state index is 0.568. The van der Waals surface area contributed by atoms with E-state index < -0.39 is 0 Å². The standard InChI is InChI=1S/C9H13ClN4/c10-8-5-11-6-14-9(8)13-4-3-12-7-1-2-7/h5-7,12H,1-4H2,(H,11,13,14). The smallest absolute Gasteiger partial charge is 0.148 e. The molecule has 1 fully saturated rings. The molecule has 14 heavy (non-hydrogen) atoms. The summed E-state index contributed by atoms with van der Waals surface area (Å²) >= 11 is 5.87. The molecule has 1 heterocycles. The summed E-state index contributed by atoms with van der Waals surface area (Å²) in [5, 5.41) is 7.12. The molecular weight excluding hydrogens is 200 g/mol. The molecule has 5 heteroatoms. The average Bonchev–Trinajstić information content (AvgIpc) is 2.99. The van der Waals surface area contributed by atoms with Crippen molar-refractivity contribution >= 4 is 17.4 Å². The van der Waals surface area contributed by atoms with Gasteiger partial charge in [-0.3, -0.25) is 0 Å². The van der Waals surface area contributed by atoms with Crippen molar-refractivity contribution in [1.29, 1.82) is 0 Å². The largest absolute Gasteiger partial charge is 0.367 e. The lowest BCUT2D eigenvalue weighted by molar-refractivity contribution is 0.700. The minimum Gasteiger partial charge on any atom is -0.367 e. The van der Waals surface area contributed by atoms with Crippen LogP contribution >= 0.6 is 11.6 Å². The normalized spacial score (nSPS) is 15.5. The predicted octanol–water partition coefficient (Wildman–Crippen LogP) is 1.29. The molecule has 0 saturated heterocycles. The van der Waals surface area contributed by atoms with Gasteiger partial charge in [-0.1, -0.05) is 11.6 Å². The molecule has 1 aliphatic rings. The van der Waals surface area contributed by atoms with Crippen molar-refractivity contribution in [3.63, 3.8) is 0 Å². The van der Waals surface area contributed by atoms with Gasteiger partial charge >= 0.3 is 0 Å². The molecule has 2 N–H and O–H groups in total. The number of hydrogen-bond donors (Lipinski definition) is 2. The summed E-state index contributed by atoms with van der Waals surface area (Å²) < 4.78 is 0. The second-order valence-electron chi connectivity index (χ2n) is 3.37. The first-order valence-electron chi connectivity index (χ1n) is 4.79. The maximum Gasteiger partial charge on any atom is 0.148 e. The third kappa shape index (κ3) is 2.82. The number of anilines is 1. The Morgan fingerprint density at radius 3 is 3.00 bits per heavy atom. The number of halogens is 1. The summed E-state index contributed by atoms with van der Waals surface area (Å²) in [4.78, 5) is 7.84. The van der Waals surface area contributed by atoms with E-state index in [1.54, 1.807) is 6.20 Å². The van der Waals surface area contributed by atoms with E-state index in [0.29, 0.717) is 10.8 Å². The third-order valence-corrected chi connectivity index (χ3v) is 2.37. The molecule has 0 bridgehead atoms. The van der Waals surface area contributed by atoms with Gasteiger partial charge in [0.2, 0.25) is 0 Å². The van der Waals surface area contributed by atoms with E-state index in [-0.39, 0.29) is 0 Å². The van der Waals surface area contributed by atoms with Crippen molar-refractivity contribution in [2.24, 2.45) is 0 Å². The lowest BCUT2D eigenvalue weighted by atomic mass is 10.5. The maximum atomic E-state index is 5.87. The molecule has 0 amide bonds. The van der Waals surface area contributed by atoms with Gasteiger partial charge in [-0.25, -0.2) is 9.97 Å². The molecule has 0 aliphatic heterocycles. The summed E-state index contributed by atoms with van der Waals surface area (Å²) in [5.74, 6) is 0.708. The van der Waals surface area contributed by atoms with Gasteiger partial charge in [-0.05, 0) is 12.8 Å². The molecule has 1 aliphatic carbocycles. The molecule has 0 unspecified atom stereocenters. The second-order valence-corrected chi connectivity index (χ2v) is 3.78. The van der Waals surface area contributed by atoms with Crippen molar-refractivity contribution in [2.75, 3.05) is 18.4 Å². The van der Waals surface area contributed by atoms with E-state index in [0.717, 1.165) is 19.1 Å². The fourth-order valence-electron chi connectivity index (χ4n) is 1.19. The summed E-state index contributed by atoms with van der Waals surface area (Å²) in [6.07, 6.45) is 5.70. The van der Waals surface area contributed by atoms with E-state index in [1.807, 2.05) is 0 Å². The molecule has 4 nitrogen and oxygen atoms in total. The monoisotopic (exact) mass is 212 g/mol. The summed E-state index contributed by atoms with van der Waals surface area (Å²) in [7, 11) is 0. The van der Waals surface area contributed by atoms with Gasteiger partial charge < -0.3 is 10.6 Å². The first-order valence-corrected chi connectivity index (χ1v) is 5.17. The highest BCUT2D eigenvalue weighted by atomic mass is 35.5. The van der Waals surface area contributed by atoms with Gasteiger partial charge in [0, 0.05) is 19.1 Å². The highest BCUT2D eigenvalue weighted by molar-refractivity contribution is 6.32. The van der Waals surface area contributed by atoms with Crippen LogP contribution in [0.25, 0.3) is 0 Å². The molecular formula is C9H13ClN4.